The van der Waals surface area contributed by atoms with Crippen LogP contribution in [0.3, 0.4) is 0 Å². The van der Waals surface area contributed by atoms with Crippen LogP contribution in [-0.2, 0) is 11.3 Å². The van der Waals surface area contributed by atoms with Gasteiger partial charge in [-0.2, -0.15) is 0 Å². The second-order valence-electron chi connectivity index (χ2n) is 4.76. The number of benzene rings is 1. The molecule has 0 amide bonds. The van der Waals surface area contributed by atoms with Crippen LogP contribution in [0.4, 0.5) is 5.69 Å². The normalized spacial score (nSPS) is 19.3. The lowest BCUT2D eigenvalue weighted by Crippen LogP contribution is -2.32. The molecule has 19 heavy (non-hydrogen) atoms. The van der Waals surface area contributed by atoms with E-state index < -0.39 is 4.92 Å². The standard InChI is InChI=1S/C13H17ClN2O3/c14-12-4-3-11(13(6-12)16(17)18)9-19-8-10-2-1-5-15-7-10/h3-4,6,10,15H,1-2,5,7-9H2. The fourth-order valence-corrected chi connectivity index (χ4v) is 2.40. The van der Waals surface area contributed by atoms with Crippen LogP contribution in [0.1, 0.15) is 18.4 Å². The highest BCUT2D eigenvalue weighted by Gasteiger charge is 2.16. The van der Waals surface area contributed by atoms with Gasteiger partial charge in [0.1, 0.15) is 0 Å². The van der Waals surface area contributed by atoms with Crippen molar-refractivity contribution in [1.29, 1.82) is 0 Å². The van der Waals surface area contributed by atoms with Crippen LogP contribution in [-0.4, -0.2) is 24.6 Å². The van der Waals surface area contributed by atoms with Crippen LogP contribution in [0.25, 0.3) is 0 Å². The summed E-state index contributed by atoms with van der Waals surface area (Å²) in [5.74, 6) is 0.500. The zero-order chi connectivity index (χ0) is 13.7. The van der Waals surface area contributed by atoms with Crippen LogP contribution in [0.5, 0.6) is 0 Å². The number of hydrogen-bond donors (Lipinski definition) is 1. The summed E-state index contributed by atoms with van der Waals surface area (Å²) in [5.41, 5.74) is 0.590. The highest BCUT2D eigenvalue weighted by Crippen LogP contribution is 2.24. The lowest BCUT2D eigenvalue weighted by molar-refractivity contribution is -0.385. The molecule has 6 heteroatoms. The van der Waals surface area contributed by atoms with Crippen molar-refractivity contribution in [3.63, 3.8) is 0 Å². The Morgan fingerprint density at radius 1 is 1.53 bits per heavy atom. The molecule has 1 aliphatic rings. The quantitative estimate of drug-likeness (QED) is 0.667. The topological polar surface area (TPSA) is 64.4 Å². The third-order valence-corrected chi connectivity index (χ3v) is 3.49. The van der Waals surface area contributed by atoms with E-state index in [2.05, 4.69) is 5.32 Å². The second kappa shape index (κ2) is 6.84. The fourth-order valence-electron chi connectivity index (χ4n) is 2.23. The summed E-state index contributed by atoms with van der Waals surface area (Å²) in [4.78, 5) is 10.5. The minimum absolute atomic E-state index is 0.0225. The smallest absolute Gasteiger partial charge is 0.276 e. The maximum atomic E-state index is 10.9. The number of nitrogens with one attached hydrogen (secondary N) is 1. The molecule has 1 unspecified atom stereocenters. The van der Waals surface area contributed by atoms with Crippen molar-refractivity contribution in [2.24, 2.45) is 5.92 Å². The minimum Gasteiger partial charge on any atom is -0.376 e. The summed E-state index contributed by atoms with van der Waals surface area (Å²) in [7, 11) is 0. The van der Waals surface area contributed by atoms with Gasteiger partial charge in [-0.1, -0.05) is 11.6 Å². The maximum absolute atomic E-state index is 10.9. The van der Waals surface area contributed by atoms with E-state index in [1.807, 2.05) is 0 Å². The summed E-state index contributed by atoms with van der Waals surface area (Å²) < 4.78 is 5.60. The molecule has 1 atom stereocenters. The SMILES string of the molecule is O=[N+]([O-])c1cc(Cl)ccc1COCC1CCCNC1. The summed E-state index contributed by atoms with van der Waals surface area (Å²) in [5, 5.41) is 14.6. The Morgan fingerprint density at radius 3 is 3.05 bits per heavy atom. The molecule has 0 bridgehead atoms. The van der Waals surface area contributed by atoms with Crippen molar-refractivity contribution >= 4 is 17.3 Å². The van der Waals surface area contributed by atoms with Crippen molar-refractivity contribution in [2.45, 2.75) is 19.4 Å². The molecule has 1 aromatic rings. The van der Waals surface area contributed by atoms with E-state index in [9.17, 15) is 10.1 Å². The number of halogens is 1. The summed E-state index contributed by atoms with van der Waals surface area (Å²) in [6.07, 6.45) is 2.31. The van der Waals surface area contributed by atoms with Crippen LogP contribution < -0.4 is 5.32 Å². The number of ether oxygens (including phenoxy) is 1. The van der Waals surface area contributed by atoms with E-state index in [1.54, 1.807) is 12.1 Å². The van der Waals surface area contributed by atoms with Gasteiger partial charge >= 0.3 is 0 Å². The average Bonchev–Trinajstić information content (AvgIpc) is 2.41. The molecule has 1 aromatic carbocycles. The first kappa shape index (κ1) is 14.2. The number of piperidine rings is 1. The summed E-state index contributed by atoms with van der Waals surface area (Å²) in [6, 6.07) is 4.66. The molecule has 1 saturated heterocycles. The molecule has 0 aromatic heterocycles. The number of nitrogens with zero attached hydrogens (tertiary/aromatic N) is 1. The number of nitro groups is 1. The first-order valence-electron chi connectivity index (χ1n) is 6.38. The molecule has 1 fully saturated rings. The molecule has 2 rings (SSSR count). The molecule has 1 aliphatic heterocycles. The molecular formula is C13H17ClN2O3. The molecule has 0 radical (unpaired) electrons. The number of nitro benzene ring substituents is 1. The van der Waals surface area contributed by atoms with Crippen molar-refractivity contribution in [3.8, 4) is 0 Å². The third-order valence-electron chi connectivity index (χ3n) is 3.25. The molecule has 104 valence electrons. The van der Waals surface area contributed by atoms with Crippen LogP contribution in [0, 0.1) is 16.0 Å². The van der Waals surface area contributed by atoms with Crippen molar-refractivity contribution < 1.29 is 9.66 Å². The Labute approximate surface area is 117 Å². The minimum atomic E-state index is -0.424. The summed E-state index contributed by atoms with van der Waals surface area (Å²) in [6.45, 7) is 2.92. The van der Waals surface area contributed by atoms with E-state index in [4.69, 9.17) is 16.3 Å². The molecule has 1 N–H and O–H groups in total. The van der Waals surface area contributed by atoms with Gasteiger partial charge in [-0.15, -0.1) is 0 Å². The number of rotatable bonds is 5. The first-order valence-corrected chi connectivity index (χ1v) is 6.76. The molecule has 5 nitrogen and oxygen atoms in total. The largest absolute Gasteiger partial charge is 0.376 e. The molecule has 0 spiro atoms. The Hall–Kier alpha value is -1.17. The fraction of sp³-hybridized carbons (Fsp3) is 0.538. The lowest BCUT2D eigenvalue weighted by Gasteiger charge is -2.22. The maximum Gasteiger partial charge on any atom is 0.276 e. The van der Waals surface area contributed by atoms with Gasteiger partial charge in [-0.25, -0.2) is 0 Å². The van der Waals surface area contributed by atoms with E-state index in [-0.39, 0.29) is 12.3 Å². The van der Waals surface area contributed by atoms with Gasteiger partial charge in [0.25, 0.3) is 5.69 Å². The van der Waals surface area contributed by atoms with E-state index >= 15 is 0 Å². The van der Waals surface area contributed by atoms with E-state index in [0.717, 1.165) is 25.9 Å². The third kappa shape index (κ3) is 4.16. The van der Waals surface area contributed by atoms with Crippen LogP contribution in [0.2, 0.25) is 5.02 Å². The van der Waals surface area contributed by atoms with Gasteiger partial charge in [0.2, 0.25) is 0 Å². The van der Waals surface area contributed by atoms with Crippen molar-refractivity contribution in [2.75, 3.05) is 19.7 Å². The Balaban J connectivity index is 1.89. The van der Waals surface area contributed by atoms with Crippen molar-refractivity contribution in [1.82, 2.24) is 5.32 Å². The monoisotopic (exact) mass is 284 g/mol. The summed E-state index contributed by atoms with van der Waals surface area (Å²) >= 11 is 5.76. The first-order chi connectivity index (χ1) is 9.16. The zero-order valence-electron chi connectivity index (χ0n) is 10.6. The Bertz CT molecular complexity index is 448. The van der Waals surface area contributed by atoms with Gasteiger partial charge < -0.3 is 10.1 Å². The highest BCUT2D eigenvalue weighted by molar-refractivity contribution is 6.30. The van der Waals surface area contributed by atoms with Gasteiger partial charge in [-0.3, -0.25) is 10.1 Å². The van der Waals surface area contributed by atoms with Gasteiger partial charge in [0.15, 0.2) is 0 Å². The Kier molecular flexibility index (Phi) is 5.13. The highest BCUT2D eigenvalue weighted by atomic mass is 35.5. The molecule has 1 heterocycles. The van der Waals surface area contributed by atoms with Gasteiger partial charge in [0, 0.05) is 17.6 Å². The molecule has 0 saturated carbocycles. The van der Waals surface area contributed by atoms with Crippen LogP contribution >= 0.6 is 11.6 Å². The molecular weight excluding hydrogens is 268 g/mol. The molecule has 0 aliphatic carbocycles. The predicted octanol–water partition coefficient (Wildman–Crippen LogP) is 2.76. The van der Waals surface area contributed by atoms with Crippen LogP contribution in [0.15, 0.2) is 18.2 Å². The van der Waals surface area contributed by atoms with E-state index in [0.29, 0.717) is 23.1 Å². The van der Waals surface area contributed by atoms with Gasteiger partial charge in [-0.05, 0) is 37.4 Å². The Morgan fingerprint density at radius 2 is 2.37 bits per heavy atom. The van der Waals surface area contributed by atoms with Crippen molar-refractivity contribution in [3.05, 3.63) is 38.9 Å². The zero-order valence-corrected chi connectivity index (χ0v) is 11.4. The lowest BCUT2D eigenvalue weighted by atomic mass is 10.0. The van der Waals surface area contributed by atoms with E-state index in [1.165, 1.54) is 6.07 Å². The second-order valence-corrected chi connectivity index (χ2v) is 5.19. The average molecular weight is 285 g/mol. The predicted molar refractivity (Wildman–Crippen MR) is 73.4 cm³/mol. The number of hydrogen-bond acceptors (Lipinski definition) is 4. The van der Waals surface area contributed by atoms with Gasteiger partial charge in [0.05, 0.1) is 23.7 Å².